The van der Waals surface area contributed by atoms with E-state index in [0.717, 1.165) is 11.1 Å². The molecular weight excluding hydrogens is 502 g/mol. The molecule has 0 saturated carbocycles. The van der Waals surface area contributed by atoms with Crippen molar-refractivity contribution in [2.24, 2.45) is 16.8 Å². The molecule has 0 aliphatic carbocycles. The summed E-state index contributed by atoms with van der Waals surface area (Å²) in [5, 5.41) is 0. The molecule has 0 bridgehead atoms. The Labute approximate surface area is 214 Å². The molecule has 0 N–H and O–H groups in total. The number of ether oxygens (including phenoxy) is 2. The summed E-state index contributed by atoms with van der Waals surface area (Å²) in [6.07, 6.45) is 1.00. The van der Waals surface area contributed by atoms with Crippen molar-refractivity contribution in [2.75, 3.05) is 27.3 Å². The van der Waals surface area contributed by atoms with Crippen LogP contribution in [0.2, 0.25) is 0 Å². The van der Waals surface area contributed by atoms with Crippen molar-refractivity contribution in [1.29, 1.82) is 0 Å². The second kappa shape index (κ2) is 10.5. The lowest BCUT2D eigenvalue weighted by molar-refractivity contribution is -0.141. The van der Waals surface area contributed by atoms with Gasteiger partial charge in [-0.2, -0.15) is 9.30 Å². The molecule has 192 valence electrons. The SMILES string of the molecule is COC(=O)Cn1c(=NC(=O)c2ccc(S(=O)(=O)N3C[C@@H](C)C[C@H](C)C3)cc2)sc2cc(OC)ccc21. The zero-order valence-corrected chi connectivity index (χ0v) is 22.3. The summed E-state index contributed by atoms with van der Waals surface area (Å²) in [6.45, 7) is 4.97. The molecule has 2 atom stereocenters. The van der Waals surface area contributed by atoms with E-state index in [1.54, 1.807) is 29.9 Å². The quantitative estimate of drug-likeness (QED) is 0.452. The van der Waals surface area contributed by atoms with Crippen molar-refractivity contribution >= 4 is 43.5 Å². The number of sulfonamides is 1. The highest BCUT2D eigenvalue weighted by Gasteiger charge is 2.31. The molecule has 36 heavy (non-hydrogen) atoms. The minimum atomic E-state index is -3.65. The zero-order chi connectivity index (χ0) is 26.0. The van der Waals surface area contributed by atoms with Crippen molar-refractivity contribution in [3.05, 3.63) is 52.8 Å². The average molecular weight is 532 g/mol. The molecule has 2 aromatic carbocycles. The average Bonchev–Trinajstić information content (AvgIpc) is 3.18. The van der Waals surface area contributed by atoms with Gasteiger partial charge in [0.1, 0.15) is 12.3 Å². The van der Waals surface area contributed by atoms with E-state index in [4.69, 9.17) is 9.47 Å². The molecule has 3 aromatic rings. The van der Waals surface area contributed by atoms with Crippen molar-refractivity contribution in [3.8, 4) is 5.75 Å². The number of aromatic nitrogens is 1. The van der Waals surface area contributed by atoms with Crippen LogP contribution in [0.4, 0.5) is 0 Å². The summed E-state index contributed by atoms with van der Waals surface area (Å²) in [4.78, 5) is 29.7. The van der Waals surface area contributed by atoms with Crippen molar-refractivity contribution in [2.45, 2.75) is 31.7 Å². The normalized spacial score (nSPS) is 19.4. The zero-order valence-electron chi connectivity index (χ0n) is 20.6. The molecule has 1 aromatic heterocycles. The number of nitrogens with zero attached hydrogens (tertiary/aromatic N) is 3. The summed E-state index contributed by atoms with van der Waals surface area (Å²) >= 11 is 1.24. The molecule has 2 heterocycles. The molecule has 0 radical (unpaired) electrons. The highest BCUT2D eigenvalue weighted by molar-refractivity contribution is 7.89. The number of esters is 1. The molecule has 0 spiro atoms. The van der Waals surface area contributed by atoms with E-state index in [0.29, 0.717) is 41.0 Å². The van der Waals surface area contributed by atoms with E-state index in [1.807, 2.05) is 0 Å². The number of carbonyl (C=O) groups excluding carboxylic acids is 2. The topological polar surface area (TPSA) is 107 Å². The largest absolute Gasteiger partial charge is 0.497 e. The number of hydrogen-bond acceptors (Lipinski definition) is 7. The molecular formula is C25H29N3O6S2. The lowest BCUT2D eigenvalue weighted by Gasteiger charge is -2.34. The molecule has 4 rings (SSSR count). The smallest absolute Gasteiger partial charge is 0.325 e. The highest BCUT2D eigenvalue weighted by Crippen LogP contribution is 2.27. The van der Waals surface area contributed by atoms with Crippen LogP contribution in [0.25, 0.3) is 10.2 Å². The number of piperidine rings is 1. The third-order valence-corrected chi connectivity index (χ3v) is 9.06. The molecule has 11 heteroatoms. The van der Waals surface area contributed by atoms with Gasteiger partial charge in [0, 0.05) is 18.7 Å². The lowest BCUT2D eigenvalue weighted by atomic mass is 9.94. The number of rotatable bonds is 6. The van der Waals surface area contributed by atoms with Crippen LogP contribution in [-0.2, 0) is 26.1 Å². The Morgan fingerprint density at radius 3 is 2.33 bits per heavy atom. The first-order chi connectivity index (χ1) is 17.1. The maximum atomic E-state index is 13.1. The highest BCUT2D eigenvalue weighted by atomic mass is 32.2. The van der Waals surface area contributed by atoms with Gasteiger partial charge in [0.25, 0.3) is 5.91 Å². The molecule has 1 amide bonds. The van der Waals surface area contributed by atoms with Crippen LogP contribution in [0.15, 0.2) is 52.4 Å². The van der Waals surface area contributed by atoms with Crippen LogP contribution in [0.3, 0.4) is 0 Å². The molecule has 1 saturated heterocycles. The predicted molar refractivity (Wildman–Crippen MR) is 136 cm³/mol. The predicted octanol–water partition coefficient (Wildman–Crippen LogP) is 3.29. The summed E-state index contributed by atoms with van der Waals surface area (Å²) in [5.41, 5.74) is 0.957. The van der Waals surface area contributed by atoms with Crippen LogP contribution < -0.4 is 9.54 Å². The van der Waals surface area contributed by atoms with Crippen LogP contribution in [0.1, 0.15) is 30.6 Å². The fourth-order valence-corrected chi connectivity index (χ4v) is 7.22. The number of hydrogen-bond donors (Lipinski definition) is 0. The Hall–Kier alpha value is -3.02. The first-order valence-corrected chi connectivity index (χ1v) is 13.8. The van der Waals surface area contributed by atoms with Crippen LogP contribution in [0.5, 0.6) is 5.75 Å². The van der Waals surface area contributed by atoms with E-state index < -0.39 is 21.9 Å². The summed E-state index contributed by atoms with van der Waals surface area (Å²) in [6, 6.07) is 11.2. The fourth-order valence-electron chi connectivity index (χ4n) is 4.48. The third-order valence-electron chi connectivity index (χ3n) is 6.18. The maximum Gasteiger partial charge on any atom is 0.325 e. The minimum Gasteiger partial charge on any atom is -0.497 e. The lowest BCUT2D eigenvalue weighted by Crippen LogP contribution is -2.42. The van der Waals surface area contributed by atoms with Crippen LogP contribution >= 0.6 is 11.3 Å². The minimum absolute atomic E-state index is 0.112. The van der Waals surface area contributed by atoms with Gasteiger partial charge in [-0.1, -0.05) is 25.2 Å². The first-order valence-electron chi connectivity index (χ1n) is 11.6. The monoisotopic (exact) mass is 531 g/mol. The number of carbonyl (C=O) groups is 2. The Morgan fingerprint density at radius 1 is 1.06 bits per heavy atom. The Bertz CT molecular complexity index is 1450. The van der Waals surface area contributed by atoms with Gasteiger partial charge in [-0.15, -0.1) is 0 Å². The Kier molecular flexibility index (Phi) is 7.62. The molecule has 1 aliphatic rings. The van der Waals surface area contributed by atoms with Crippen molar-refractivity contribution in [3.63, 3.8) is 0 Å². The Balaban J connectivity index is 1.66. The van der Waals surface area contributed by atoms with E-state index in [-0.39, 0.29) is 17.0 Å². The van der Waals surface area contributed by atoms with Gasteiger partial charge < -0.3 is 14.0 Å². The molecule has 1 fully saturated rings. The van der Waals surface area contributed by atoms with E-state index in [1.165, 1.54) is 47.0 Å². The summed E-state index contributed by atoms with van der Waals surface area (Å²) < 4.78 is 40.3. The molecule has 1 aliphatic heterocycles. The van der Waals surface area contributed by atoms with Gasteiger partial charge in [-0.05, 0) is 60.7 Å². The van der Waals surface area contributed by atoms with Crippen LogP contribution in [0, 0.1) is 11.8 Å². The standard InChI is InChI=1S/C25H29N3O6S2/c1-16-11-17(2)14-27(13-16)36(31,32)20-8-5-18(6-9-20)24(30)26-25-28(15-23(29)34-4)21-10-7-19(33-3)12-22(21)35-25/h5-10,12,16-17H,11,13-15H2,1-4H3/t16-,17-/m0/s1. The van der Waals surface area contributed by atoms with Gasteiger partial charge in [-0.25, -0.2) is 8.42 Å². The van der Waals surface area contributed by atoms with E-state index in [9.17, 15) is 18.0 Å². The maximum absolute atomic E-state index is 13.1. The number of benzene rings is 2. The van der Waals surface area contributed by atoms with Gasteiger partial charge in [0.15, 0.2) is 4.80 Å². The van der Waals surface area contributed by atoms with Crippen molar-refractivity contribution < 1.29 is 27.5 Å². The first kappa shape index (κ1) is 26.1. The summed E-state index contributed by atoms with van der Waals surface area (Å²) in [5.74, 6) is 0.204. The van der Waals surface area contributed by atoms with Gasteiger partial charge in [0.05, 0.1) is 29.3 Å². The second-order valence-electron chi connectivity index (χ2n) is 9.09. The third kappa shape index (κ3) is 5.37. The fraction of sp³-hybridized carbons (Fsp3) is 0.400. The Morgan fingerprint density at radius 2 is 1.72 bits per heavy atom. The number of fused-ring (bicyclic) bond motifs is 1. The van der Waals surface area contributed by atoms with Crippen molar-refractivity contribution in [1.82, 2.24) is 8.87 Å². The van der Waals surface area contributed by atoms with Gasteiger partial charge >= 0.3 is 5.97 Å². The molecule has 0 unspecified atom stereocenters. The second-order valence-corrected chi connectivity index (χ2v) is 12.0. The number of thiazole rings is 1. The van der Waals surface area contributed by atoms with Gasteiger partial charge in [-0.3, -0.25) is 9.59 Å². The van der Waals surface area contributed by atoms with E-state index in [2.05, 4.69) is 18.8 Å². The molecule has 9 nitrogen and oxygen atoms in total. The van der Waals surface area contributed by atoms with Crippen LogP contribution in [-0.4, -0.2) is 56.5 Å². The number of methoxy groups -OCH3 is 2. The van der Waals surface area contributed by atoms with Gasteiger partial charge in [0.2, 0.25) is 10.0 Å². The summed E-state index contributed by atoms with van der Waals surface area (Å²) in [7, 11) is -0.797. The number of amides is 1. The van der Waals surface area contributed by atoms with E-state index >= 15 is 0 Å².